The summed E-state index contributed by atoms with van der Waals surface area (Å²) in [7, 11) is 0. The lowest BCUT2D eigenvalue weighted by molar-refractivity contribution is -0.128. The molecule has 0 saturated carbocycles. The van der Waals surface area contributed by atoms with Crippen molar-refractivity contribution in [2.75, 3.05) is 6.61 Å². The van der Waals surface area contributed by atoms with Gasteiger partial charge >= 0.3 is 0 Å². The van der Waals surface area contributed by atoms with Crippen molar-refractivity contribution in [3.05, 3.63) is 35.7 Å². The van der Waals surface area contributed by atoms with Crippen molar-refractivity contribution in [3.63, 3.8) is 0 Å². The standard InChI is InChI=1S/C8H5ClN2.C3H6O2/c9-8-6-3-1-2-4-7(6)10-5-11-8;1-2-5-3-4/h1-5H;3H,2H2,1H3. The SMILES string of the molecule is CCOC=O.Clc1ncnc2ccccc12. The summed E-state index contributed by atoms with van der Waals surface area (Å²) < 4.78 is 4.15. The zero-order valence-electron chi connectivity index (χ0n) is 8.76. The number of para-hydroxylation sites is 1. The van der Waals surface area contributed by atoms with Gasteiger partial charge in [-0.2, -0.15) is 0 Å². The fraction of sp³-hybridized carbons (Fsp3) is 0.182. The van der Waals surface area contributed by atoms with E-state index in [9.17, 15) is 4.79 Å². The Morgan fingerprint density at radius 3 is 2.69 bits per heavy atom. The van der Waals surface area contributed by atoms with Crippen molar-refractivity contribution in [2.45, 2.75) is 6.92 Å². The molecule has 1 heterocycles. The van der Waals surface area contributed by atoms with E-state index in [1.165, 1.54) is 6.33 Å². The molecule has 0 bridgehead atoms. The smallest absolute Gasteiger partial charge is 0.293 e. The molecule has 0 aliphatic rings. The van der Waals surface area contributed by atoms with Gasteiger partial charge in [-0.05, 0) is 19.1 Å². The van der Waals surface area contributed by atoms with Crippen LogP contribution in [0.2, 0.25) is 5.15 Å². The summed E-state index contributed by atoms with van der Waals surface area (Å²) in [6, 6.07) is 7.64. The minimum absolute atomic E-state index is 0.431. The quantitative estimate of drug-likeness (QED) is 0.596. The van der Waals surface area contributed by atoms with Crippen LogP contribution in [0.1, 0.15) is 6.92 Å². The largest absolute Gasteiger partial charge is 0.468 e. The zero-order valence-corrected chi connectivity index (χ0v) is 9.52. The van der Waals surface area contributed by atoms with Gasteiger partial charge < -0.3 is 4.74 Å². The molecule has 0 radical (unpaired) electrons. The highest BCUT2D eigenvalue weighted by Crippen LogP contribution is 2.17. The van der Waals surface area contributed by atoms with Gasteiger partial charge in [-0.15, -0.1) is 0 Å². The van der Waals surface area contributed by atoms with Crippen LogP contribution in [0, 0.1) is 0 Å². The maximum Gasteiger partial charge on any atom is 0.293 e. The number of aromatic nitrogens is 2. The van der Waals surface area contributed by atoms with Crippen LogP contribution in [0.4, 0.5) is 0 Å². The first kappa shape index (κ1) is 12.4. The molecule has 0 aliphatic heterocycles. The van der Waals surface area contributed by atoms with Crippen LogP contribution in [0.25, 0.3) is 10.9 Å². The number of fused-ring (bicyclic) bond motifs is 1. The summed E-state index contributed by atoms with van der Waals surface area (Å²) in [4.78, 5) is 17.1. The lowest BCUT2D eigenvalue weighted by Crippen LogP contribution is -1.81. The monoisotopic (exact) mass is 238 g/mol. The van der Waals surface area contributed by atoms with Gasteiger partial charge in [0.25, 0.3) is 6.47 Å². The first-order chi connectivity index (χ1) is 7.79. The number of carbonyl (C=O) groups excluding carboxylic acids is 1. The molecular formula is C11H11ClN2O2. The van der Waals surface area contributed by atoms with Crippen molar-refractivity contribution >= 4 is 29.0 Å². The highest BCUT2D eigenvalue weighted by molar-refractivity contribution is 6.33. The average molecular weight is 239 g/mol. The number of hydrogen-bond acceptors (Lipinski definition) is 4. The van der Waals surface area contributed by atoms with E-state index in [4.69, 9.17) is 11.6 Å². The first-order valence-electron chi connectivity index (χ1n) is 4.70. The van der Waals surface area contributed by atoms with E-state index in [1.807, 2.05) is 24.3 Å². The van der Waals surface area contributed by atoms with Crippen LogP contribution in [-0.2, 0) is 9.53 Å². The Morgan fingerprint density at radius 1 is 1.38 bits per heavy atom. The topological polar surface area (TPSA) is 52.1 Å². The number of nitrogens with zero attached hydrogens (tertiary/aromatic N) is 2. The molecule has 16 heavy (non-hydrogen) atoms. The summed E-state index contributed by atoms with van der Waals surface area (Å²) in [5, 5.41) is 1.41. The first-order valence-corrected chi connectivity index (χ1v) is 5.08. The summed E-state index contributed by atoms with van der Waals surface area (Å²) >= 11 is 5.81. The van der Waals surface area contributed by atoms with Crippen molar-refractivity contribution in [2.24, 2.45) is 0 Å². The molecule has 0 unspecified atom stereocenters. The number of carbonyl (C=O) groups is 1. The van der Waals surface area contributed by atoms with Gasteiger partial charge in [-0.1, -0.05) is 23.7 Å². The predicted octanol–water partition coefficient (Wildman–Crippen LogP) is 2.46. The van der Waals surface area contributed by atoms with E-state index in [0.717, 1.165) is 10.9 Å². The molecule has 1 aromatic carbocycles. The Morgan fingerprint density at radius 2 is 2.12 bits per heavy atom. The molecule has 0 aliphatic carbocycles. The number of rotatable bonds is 2. The Kier molecular flexibility index (Phi) is 5.22. The molecule has 0 fully saturated rings. The van der Waals surface area contributed by atoms with Gasteiger partial charge in [0.1, 0.15) is 11.5 Å². The van der Waals surface area contributed by atoms with E-state index < -0.39 is 0 Å². The van der Waals surface area contributed by atoms with E-state index in [0.29, 0.717) is 18.2 Å². The molecule has 1 aromatic heterocycles. The highest BCUT2D eigenvalue weighted by Gasteiger charge is 1.96. The molecule has 0 spiro atoms. The van der Waals surface area contributed by atoms with Crippen molar-refractivity contribution in [3.8, 4) is 0 Å². The molecule has 84 valence electrons. The Bertz CT molecular complexity index is 457. The van der Waals surface area contributed by atoms with Crippen LogP contribution in [0.5, 0.6) is 0 Å². The van der Waals surface area contributed by atoms with Gasteiger partial charge in [-0.3, -0.25) is 4.79 Å². The van der Waals surface area contributed by atoms with Crippen LogP contribution in [0.15, 0.2) is 30.6 Å². The third-order valence-electron chi connectivity index (χ3n) is 1.73. The van der Waals surface area contributed by atoms with E-state index in [1.54, 1.807) is 6.92 Å². The van der Waals surface area contributed by atoms with Crippen molar-refractivity contribution in [1.82, 2.24) is 9.97 Å². The normalized spacial score (nSPS) is 9.12. The lowest BCUT2D eigenvalue weighted by Gasteiger charge is -1.95. The minimum atomic E-state index is 0.431. The van der Waals surface area contributed by atoms with Crippen LogP contribution in [-0.4, -0.2) is 23.0 Å². The molecule has 4 nitrogen and oxygen atoms in total. The van der Waals surface area contributed by atoms with Gasteiger partial charge in [0.2, 0.25) is 0 Å². The second kappa shape index (κ2) is 6.74. The minimum Gasteiger partial charge on any atom is -0.468 e. The van der Waals surface area contributed by atoms with Crippen LogP contribution >= 0.6 is 11.6 Å². The summed E-state index contributed by atoms with van der Waals surface area (Å²) in [5.74, 6) is 0. The van der Waals surface area contributed by atoms with E-state index in [2.05, 4.69) is 14.7 Å². The van der Waals surface area contributed by atoms with Gasteiger partial charge in [0, 0.05) is 5.39 Å². The Labute approximate surface area is 98.2 Å². The fourth-order valence-corrected chi connectivity index (χ4v) is 1.24. The lowest BCUT2D eigenvalue weighted by atomic mass is 10.2. The van der Waals surface area contributed by atoms with E-state index >= 15 is 0 Å². The van der Waals surface area contributed by atoms with Crippen molar-refractivity contribution in [1.29, 1.82) is 0 Å². The molecule has 0 N–H and O–H groups in total. The molecule has 0 saturated heterocycles. The fourth-order valence-electron chi connectivity index (χ4n) is 1.04. The maximum atomic E-state index is 9.18. The van der Waals surface area contributed by atoms with Crippen LogP contribution < -0.4 is 0 Å². The number of benzene rings is 1. The molecule has 0 amide bonds. The maximum absolute atomic E-state index is 9.18. The van der Waals surface area contributed by atoms with Crippen LogP contribution in [0.3, 0.4) is 0 Å². The molecule has 2 aromatic rings. The summed E-state index contributed by atoms with van der Waals surface area (Å²) in [6.45, 7) is 2.66. The molecule has 5 heteroatoms. The van der Waals surface area contributed by atoms with E-state index in [-0.39, 0.29) is 0 Å². The van der Waals surface area contributed by atoms with Gasteiger partial charge in [0.05, 0.1) is 12.1 Å². The zero-order chi connectivity index (χ0) is 11.8. The Balaban J connectivity index is 0.000000221. The predicted molar refractivity (Wildman–Crippen MR) is 62.2 cm³/mol. The summed E-state index contributed by atoms with van der Waals surface area (Å²) in [5.41, 5.74) is 0.882. The third-order valence-corrected chi connectivity index (χ3v) is 2.03. The average Bonchev–Trinajstić information content (AvgIpc) is 2.32. The number of ether oxygens (including phenoxy) is 1. The number of hydrogen-bond donors (Lipinski definition) is 0. The second-order valence-corrected chi connectivity index (χ2v) is 3.09. The van der Waals surface area contributed by atoms with Gasteiger partial charge in [-0.25, -0.2) is 9.97 Å². The molecule has 2 rings (SSSR count). The second-order valence-electron chi connectivity index (χ2n) is 2.73. The highest BCUT2D eigenvalue weighted by atomic mass is 35.5. The third kappa shape index (κ3) is 3.47. The molecular weight excluding hydrogens is 228 g/mol. The Hall–Kier alpha value is -1.68. The van der Waals surface area contributed by atoms with Crippen molar-refractivity contribution < 1.29 is 9.53 Å². The number of halogens is 1. The molecule has 0 atom stereocenters. The summed E-state index contributed by atoms with van der Waals surface area (Å²) in [6.07, 6.45) is 1.46. The van der Waals surface area contributed by atoms with Gasteiger partial charge in [0.15, 0.2) is 0 Å².